The minimum atomic E-state index is -0.296. The van der Waals surface area contributed by atoms with Crippen LogP contribution in [0.25, 0.3) is 0 Å². The maximum atomic E-state index is 12.5. The van der Waals surface area contributed by atoms with Gasteiger partial charge in [0.05, 0.1) is 7.11 Å². The largest absolute Gasteiger partial charge is 0.497 e. The van der Waals surface area contributed by atoms with Crippen LogP contribution in [-0.2, 0) is 17.6 Å². The summed E-state index contributed by atoms with van der Waals surface area (Å²) < 4.78 is 5.16. The van der Waals surface area contributed by atoms with Crippen molar-refractivity contribution in [1.29, 1.82) is 0 Å². The summed E-state index contributed by atoms with van der Waals surface area (Å²) >= 11 is 1.35. The molecular weight excluding hydrogens is 388 g/mol. The van der Waals surface area contributed by atoms with Crippen molar-refractivity contribution in [2.75, 3.05) is 17.7 Å². The normalized spacial score (nSPS) is 10.4. The highest BCUT2D eigenvalue weighted by atomic mass is 32.1. The number of amides is 2. The third-order valence-corrected chi connectivity index (χ3v) is 5.10. The summed E-state index contributed by atoms with van der Waals surface area (Å²) in [5.41, 5.74) is 2.20. The molecule has 3 rings (SSSR count). The van der Waals surface area contributed by atoms with Crippen LogP contribution in [0.4, 0.5) is 10.8 Å². The number of carbonyl (C=O) groups is 2. The lowest BCUT2D eigenvalue weighted by Gasteiger charge is -2.06. The molecule has 0 saturated carbocycles. The Kier molecular flexibility index (Phi) is 6.91. The third-order valence-electron chi connectivity index (χ3n) is 4.20. The van der Waals surface area contributed by atoms with Gasteiger partial charge in [-0.3, -0.25) is 14.9 Å². The van der Waals surface area contributed by atoms with Gasteiger partial charge in [0.15, 0.2) is 0 Å². The zero-order chi connectivity index (χ0) is 20.6. The number of aromatic nitrogens is 2. The van der Waals surface area contributed by atoms with Crippen LogP contribution in [0.3, 0.4) is 0 Å². The topological polar surface area (TPSA) is 93.2 Å². The molecule has 2 amide bonds. The van der Waals surface area contributed by atoms with Gasteiger partial charge in [0.2, 0.25) is 11.0 Å². The molecule has 7 nitrogen and oxygen atoms in total. The van der Waals surface area contributed by atoms with E-state index in [-0.39, 0.29) is 11.8 Å². The van der Waals surface area contributed by atoms with Crippen molar-refractivity contribution in [3.8, 4) is 5.75 Å². The predicted octanol–water partition coefficient (Wildman–Crippen LogP) is 3.93. The molecule has 1 heterocycles. The third kappa shape index (κ3) is 5.86. The first-order valence-corrected chi connectivity index (χ1v) is 10.1. The molecule has 2 aromatic carbocycles. The first-order chi connectivity index (χ1) is 14.1. The first-order valence-electron chi connectivity index (χ1n) is 9.24. The fourth-order valence-corrected chi connectivity index (χ4v) is 3.34. The number of benzene rings is 2. The SMILES string of the molecule is CCC(=O)Nc1cccc(C(=O)Nc2nnc(CCc3ccc(OC)cc3)s2)c1. The molecule has 150 valence electrons. The number of nitrogens with zero attached hydrogens (tertiary/aromatic N) is 2. The molecule has 0 radical (unpaired) electrons. The Morgan fingerprint density at radius 3 is 2.55 bits per heavy atom. The second-order valence-electron chi connectivity index (χ2n) is 6.29. The number of aryl methyl sites for hydroxylation is 2. The average molecular weight is 410 g/mol. The lowest BCUT2D eigenvalue weighted by Crippen LogP contribution is -2.13. The van der Waals surface area contributed by atoms with E-state index in [0.29, 0.717) is 22.8 Å². The molecule has 3 aromatic rings. The molecular formula is C21H22N4O3S. The molecule has 1 aromatic heterocycles. The quantitative estimate of drug-likeness (QED) is 0.587. The number of hydrogen-bond acceptors (Lipinski definition) is 6. The molecule has 0 saturated heterocycles. The van der Waals surface area contributed by atoms with Crippen LogP contribution in [0.5, 0.6) is 5.75 Å². The smallest absolute Gasteiger partial charge is 0.257 e. The predicted molar refractivity (Wildman–Crippen MR) is 114 cm³/mol. The monoisotopic (exact) mass is 410 g/mol. The molecule has 0 aliphatic rings. The summed E-state index contributed by atoms with van der Waals surface area (Å²) in [6.45, 7) is 1.77. The van der Waals surface area contributed by atoms with E-state index in [4.69, 9.17) is 4.74 Å². The molecule has 0 spiro atoms. The van der Waals surface area contributed by atoms with Crippen molar-refractivity contribution in [1.82, 2.24) is 10.2 Å². The minimum absolute atomic E-state index is 0.104. The van der Waals surface area contributed by atoms with E-state index in [1.165, 1.54) is 16.9 Å². The Labute approximate surface area is 173 Å². The van der Waals surface area contributed by atoms with E-state index in [1.807, 2.05) is 24.3 Å². The highest BCUT2D eigenvalue weighted by Crippen LogP contribution is 2.20. The first kappa shape index (κ1) is 20.5. The average Bonchev–Trinajstić information content (AvgIpc) is 3.20. The number of anilines is 2. The number of hydrogen-bond donors (Lipinski definition) is 2. The Balaban J connectivity index is 1.57. The van der Waals surface area contributed by atoms with Gasteiger partial charge in [-0.25, -0.2) is 0 Å². The van der Waals surface area contributed by atoms with E-state index in [0.717, 1.165) is 23.6 Å². The van der Waals surface area contributed by atoms with Gasteiger partial charge in [-0.15, -0.1) is 10.2 Å². The molecule has 0 aliphatic carbocycles. The van der Waals surface area contributed by atoms with Crippen LogP contribution in [0, 0.1) is 0 Å². The van der Waals surface area contributed by atoms with Gasteiger partial charge < -0.3 is 10.1 Å². The van der Waals surface area contributed by atoms with Crippen LogP contribution < -0.4 is 15.4 Å². The van der Waals surface area contributed by atoms with E-state index < -0.39 is 0 Å². The second kappa shape index (κ2) is 9.79. The minimum Gasteiger partial charge on any atom is -0.497 e. The molecule has 0 fully saturated rings. The molecule has 2 N–H and O–H groups in total. The van der Waals surface area contributed by atoms with Gasteiger partial charge >= 0.3 is 0 Å². The number of carbonyl (C=O) groups excluding carboxylic acids is 2. The van der Waals surface area contributed by atoms with Crippen LogP contribution in [0.2, 0.25) is 0 Å². The van der Waals surface area contributed by atoms with Crippen LogP contribution >= 0.6 is 11.3 Å². The fraction of sp³-hybridized carbons (Fsp3) is 0.238. The molecule has 0 atom stereocenters. The lowest BCUT2D eigenvalue weighted by molar-refractivity contribution is -0.115. The Morgan fingerprint density at radius 2 is 1.83 bits per heavy atom. The maximum absolute atomic E-state index is 12.5. The van der Waals surface area contributed by atoms with Gasteiger partial charge in [-0.1, -0.05) is 36.5 Å². The van der Waals surface area contributed by atoms with Crippen LogP contribution in [0.15, 0.2) is 48.5 Å². The van der Waals surface area contributed by atoms with Crippen molar-refractivity contribution in [3.63, 3.8) is 0 Å². The van der Waals surface area contributed by atoms with Crippen molar-refractivity contribution in [2.45, 2.75) is 26.2 Å². The van der Waals surface area contributed by atoms with Gasteiger partial charge in [-0.05, 0) is 42.3 Å². The van der Waals surface area contributed by atoms with Crippen molar-refractivity contribution >= 4 is 34.0 Å². The summed E-state index contributed by atoms with van der Waals surface area (Å²) in [5.74, 6) is 0.427. The van der Waals surface area contributed by atoms with Gasteiger partial charge in [0.1, 0.15) is 10.8 Å². The number of methoxy groups -OCH3 is 1. The highest BCUT2D eigenvalue weighted by Gasteiger charge is 2.11. The number of rotatable bonds is 8. The van der Waals surface area contributed by atoms with Gasteiger partial charge in [-0.2, -0.15) is 0 Å². The summed E-state index contributed by atoms with van der Waals surface area (Å²) in [7, 11) is 1.64. The van der Waals surface area contributed by atoms with Crippen molar-refractivity contribution < 1.29 is 14.3 Å². The molecule has 0 unspecified atom stereocenters. The lowest BCUT2D eigenvalue weighted by atomic mass is 10.1. The summed E-state index contributed by atoms with van der Waals surface area (Å²) in [4.78, 5) is 24.0. The zero-order valence-corrected chi connectivity index (χ0v) is 17.1. The highest BCUT2D eigenvalue weighted by molar-refractivity contribution is 7.15. The summed E-state index contributed by atoms with van der Waals surface area (Å²) in [6.07, 6.45) is 1.94. The zero-order valence-electron chi connectivity index (χ0n) is 16.3. The second-order valence-corrected chi connectivity index (χ2v) is 7.35. The Hall–Kier alpha value is -3.26. The summed E-state index contributed by atoms with van der Waals surface area (Å²) in [5, 5.41) is 15.0. The van der Waals surface area contributed by atoms with E-state index >= 15 is 0 Å². The molecule has 29 heavy (non-hydrogen) atoms. The van der Waals surface area contributed by atoms with Gasteiger partial charge in [0, 0.05) is 24.1 Å². The standard InChI is InChI=1S/C21H22N4O3S/c1-3-18(26)22-16-6-4-5-15(13-16)20(27)23-21-25-24-19(29-21)12-9-14-7-10-17(28-2)11-8-14/h4-8,10-11,13H,3,9,12H2,1-2H3,(H,22,26)(H,23,25,27). The van der Waals surface area contributed by atoms with E-state index in [9.17, 15) is 9.59 Å². The molecule has 0 aliphatic heterocycles. The number of ether oxygens (including phenoxy) is 1. The summed E-state index contributed by atoms with van der Waals surface area (Å²) in [6, 6.07) is 14.7. The van der Waals surface area contributed by atoms with Gasteiger partial charge in [0.25, 0.3) is 5.91 Å². The fourth-order valence-electron chi connectivity index (χ4n) is 2.61. The van der Waals surface area contributed by atoms with E-state index in [1.54, 1.807) is 38.3 Å². The molecule has 8 heteroatoms. The maximum Gasteiger partial charge on any atom is 0.257 e. The van der Waals surface area contributed by atoms with Crippen molar-refractivity contribution in [2.24, 2.45) is 0 Å². The van der Waals surface area contributed by atoms with E-state index in [2.05, 4.69) is 20.8 Å². The number of nitrogens with one attached hydrogen (secondary N) is 2. The van der Waals surface area contributed by atoms with Crippen LogP contribution in [0.1, 0.15) is 34.3 Å². The van der Waals surface area contributed by atoms with Crippen LogP contribution in [-0.4, -0.2) is 29.1 Å². The Morgan fingerprint density at radius 1 is 1.03 bits per heavy atom. The molecule has 0 bridgehead atoms. The Bertz CT molecular complexity index is 986. The van der Waals surface area contributed by atoms with Crippen molar-refractivity contribution in [3.05, 3.63) is 64.7 Å².